The maximum absolute atomic E-state index is 6.53. The Bertz CT molecular complexity index is 607. The molecule has 0 saturated carbocycles. The Hall–Kier alpha value is -1.34. The first-order valence-corrected chi connectivity index (χ1v) is 11.0. The third-order valence-corrected chi connectivity index (χ3v) is 5.60. The van der Waals surface area contributed by atoms with Crippen LogP contribution in [0.25, 0.3) is 0 Å². The van der Waals surface area contributed by atoms with E-state index < -0.39 is 0 Å². The van der Waals surface area contributed by atoms with E-state index in [-0.39, 0.29) is 5.41 Å². The van der Waals surface area contributed by atoms with Crippen molar-refractivity contribution in [2.75, 3.05) is 59.8 Å². The smallest absolute Gasteiger partial charge is 0.191 e. The summed E-state index contributed by atoms with van der Waals surface area (Å²) < 4.78 is 16.7. The molecule has 1 aromatic rings. The van der Waals surface area contributed by atoms with Crippen molar-refractivity contribution in [3.8, 4) is 0 Å². The Labute approximate surface area is 180 Å². The van der Waals surface area contributed by atoms with Gasteiger partial charge in [0.25, 0.3) is 0 Å². The molecule has 1 aliphatic rings. The Morgan fingerprint density at radius 2 is 1.83 bits per heavy atom. The average molecular weight is 426 g/mol. The lowest BCUT2D eigenvalue weighted by molar-refractivity contribution is 0.0484. The molecule has 1 saturated heterocycles. The molecule has 1 fully saturated rings. The summed E-state index contributed by atoms with van der Waals surface area (Å²) in [5, 5.41) is 7.60. The number of hydrogen-bond donors (Lipinski definition) is 2. The van der Waals surface area contributed by atoms with Gasteiger partial charge in [0.15, 0.2) is 5.96 Å². The van der Waals surface area contributed by atoms with Crippen LogP contribution in [0.15, 0.2) is 29.3 Å². The first-order valence-electron chi connectivity index (χ1n) is 10.6. The number of unbranched alkanes of at least 4 members (excludes halogenated alkanes) is 1. The van der Waals surface area contributed by atoms with Crippen LogP contribution in [-0.2, 0) is 19.6 Å². The molecule has 0 spiro atoms. The molecule has 0 aliphatic carbocycles. The Kier molecular flexibility index (Phi) is 11.4. The number of aliphatic imine (C=N–C) groups is 1. The number of nitrogens with zero attached hydrogens (tertiary/aromatic N) is 1. The maximum atomic E-state index is 6.53. The normalized spacial score (nSPS) is 16.6. The molecule has 0 unspecified atom stereocenters. The fourth-order valence-electron chi connectivity index (χ4n) is 3.48. The van der Waals surface area contributed by atoms with Gasteiger partial charge in [0, 0.05) is 50.4 Å². The van der Waals surface area contributed by atoms with Gasteiger partial charge in [0.1, 0.15) is 0 Å². The third kappa shape index (κ3) is 8.13. The van der Waals surface area contributed by atoms with Crippen molar-refractivity contribution in [1.29, 1.82) is 0 Å². The van der Waals surface area contributed by atoms with Gasteiger partial charge in [0.2, 0.25) is 0 Å². The van der Waals surface area contributed by atoms with Crippen molar-refractivity contribution in [3.63, 3.8) is 0 Å². The molecule has 7 heteroatoms. The fraction of sp³-hybridized carbons (Fsp3) is 0.682. The van der Waals surface area contributed by atoms with Gasteiger partial charge in [-0.1, -0.05) is 43.1 Å². The van der Waals surface area contributed by atoms with E-state index in [1.54, 1.807) is 7.05 Å². The van der Waals surface area contributed by atoms with E-state index in [9.17, 15) is 0 Å². The minimum absolute atomic E-state index is 0.0550. The topological polar surface area (TPSA) is 64.1 Å². The van der Waals surface area contributed by atoms with Gasteiger partial charge < -0.3 is 24.8 Å². The number of ether oxygens (including phenoxy) is 3. The van der Waals surface area contributed by atoms with E-state index >= 15 is 0 Å². The van der Waals surface area contributed by atoms with Crippen molar-refractivity contribution >= 4 is 17.6 Å². The van der Waals surface area contributed by atoms with E-state index in [1.165, 1.54) is 5.56 Å². The van der Waals surface area contributed by atoms with Crippen molar-refractivity contribution in [1.82, 2.24) is 10.6 Å². The number of hydrogen-bond acceptors (Lipinski definition) is 4. The lowest BCUT2D eigenvalue weighted by atomic mass is 9.74. The summed E-state index contributed by atoms with van der Waals surface area (Å²) in [6.07, 6.45) is 4.12. The van der Waals surface area contributed by atoms with Gasteiger partial charge in [-0.05, 0) is 30.9 Å². The zero-order chi connectivity index (χ0) is 20.8. The molecule has 1 aromatic carbocycles. The summed E-state index contributed by atoms with van der Waals surface area (Å²) in [4.78, 5) is 4.34. The summed E-state index contributed by atoms with van der Waals surface area (Å²) in [7, 11) is 1.78. The van der Waals surface area contributed by atoms with Gasteiger partial charge >= 0.3 is 0 Å². The van der Waals surface area contributed by atoms with Crippen LogP contribution in [0.2, 0.25) is 5.02 Å². The van der Waals surface area contributed by atoms with Crippen molar-refractivity contribution in [2.24, 2.45) is 4.99 Å². The van der Waals surface area contributed by atoms with Gasteiger partial charge in [-0.2, -0.15) is 0 Å². The minimum atomic E-state index is -0.0550. The van der Waals surface area contributed by atoms with E-state index in [1.807, 2.05) is 12.1 Å². The van der Waals surface area contributed by atoms with Crippen molar-refractivity contribution in [2.45, 2.75) is 38.0 Å². The first kappa shape index (κ1) is 23.9. The molecule has 164 valence electrons. The molecule has 1 heterocycles. The van der Waals surface area contributed by atoms with E-state index in [0.29, 0.717) is 26.4 Å². The van der Waals surface area contributed by atoms with Crippen LogP contribution in [-0.4, -0.2) is 65.7 Å². The maximum Gasteiger partial charge on any atom is 0.191 e. The molecule has 29 heavy (non-hydrogen) atoms. The molecular weight excluding hydrogens is 390 g/mol. The van der Waals surface area contributed by atoms with Crippen LogP contribution in [0.5, 0.6) is 0 Å². The highest BCUT2D eigenvalue weighted by Gasteiger charge is 2.36. The highest BCUT2D eigenvalue weighted by molar-refractivity contribution is 6.31. The molecule has 0 aromatic heterocycles. The number of guanidine groups is 1. The molecule has 0 radical (unpaired) electrons. The highest BCUT2D eigenvalue weighted by Crippen LogP contribution is 2.38. The number of rotatable bonds is 12. The largest absolute Gasteiger partial charge is 0.381 e. The monoisotopic (exact) mass is 425 g/mol. The van der Waals surface area contributed by atoms with Crippen LogP contribution >= 0.6 is 11.6 Å². The van der Waals surface area contributed by atoms with Gasteiger partial charge in [-0.15, -0.1) is 0 Å². The lowest BCUT2D eigenvalue weighted by Gasteiger charge is -2.38. The van der Waals surface area contributed by atoms with E-state index in [2.05, 4.69) is 34.7 Å². The zero-order valence-electron chi connectivity index (χ0n) is 17.8. The molecule has 6 nitrogen and oxygen atoms in total. The van der Waals surface area contributed by atoms with E-state index in [4.69, 9.17) is 25.8 Å². The Morgan fingerprint density at radius 1 is 1.10 bits per heavy atom. The molecular formula is C22H36ClN3O3. The van der Waals surface area contributed by atoms with Gasteiger partial charge in [0.05, 0.1) is 19.8 Å². The summed E-state index contributed by atoms with van der Waals surface area (Å²) in [6.45, 7) is 7.78. The standard InChI is InChI=1S/C22H36ClN3O3/c1-3-4-12-27-16-17-29-15-11-25-21(24-2)26-18-22(9-13-28-14-10-22)19-7-5-6-8-20(19)23/h5-8H,3-4,9-18H2,1-2H3,(H2,24,25,26). The van der Waals surface area contributed by atoms with Crippen molar-refractivity contribution < 1.29 is 14.2 Å². The number of nitrogens with one attached hydrogen (secondary N) is 2. The molecule has 0 atom stereocenters. The minimum Gasteiger partial charge on any atom is -0.381 e. The first-order chi connectivity index (χ1) is 14.2. The molecule has 2 N–H and O–H groups in total. The summed E-state index contributed by atoms with van der Waals surface area (Å²) in [5.74, 6) is 0.769. The number of benzene rings is 1. The molecule has 2 rings (SSSR count). The van der Waals surface area contributed by atoms with Crippen molar-refractivity contribution in [3.05, 3.63) is 34.9 Å². The fourth-order valence-corrected chi connectivity index (χ4v) is 3.81. The predicted octanol–water partition coefficient (Wildman–Crippen LogP) is 3.39. The zero-order valence-corrected chi connectivity index (χ0v) is 18.6. The van der Waals surface area contributed by atoms with Crippen LogP contribution in [0.3, 0.4) is 0 Å². The van der Waals surface area contributed by atoms with Crippen LogP contribution in [0, 0.1) is 0 Å². The second-order valence-electron chi connectivity index (χ2n) is 7.30. The summed E-state index contributed by atoms with van der Waals surface area (Å²) >= 11 is 6.53. The second-order valence-corrected chi connectivity index (χ2v) is 7.71. The SMILES string of the molecule is CCCCOCCOCCNC(=NC)NCC1(c2ccccc2Cl)CCOCC1. The third-order valence-electron chi connectivity index (χ3n) is 5.27. The van der Waals surface area contributed by atoms with Crippen LogP contribution in [0.4, 0.5) is 0 Å². The van der Waals surface area contributed by atoms with Crippen LogP contribution in [0.1, 0.15) is 38.2 Å². The summed E-state index contributed by atoms with van der Waals surface area (Å²) in [6, 6.07) is 8.11. The van der Waals surface area contributed by atoms with Gasteiger partial charge in [-0.3, -0.25) is 4.99 Å². The molecule has 0 amide bonds. The average Bonchev–Trinajstić information content (AvgIpc) is 2.75. The highest BCUT2D eigenvalue weighted by atomic mass is 35.5. The van der Waals surface area contributed by atoms with Gasteiger partial charge in [-0.25, -0.2) is 0 Å². The second kappa shape index (κ2) is 13.8. The van der Waals surface area contributed by atoms with E-state index in [0.717, 1.165) is 63.0 Å². The Balaban J connectivity index is 1.75. The van der Waals surface area contributed by atoms with Crippen LogP contribution < -0.4 is 10.6 Å². The molecule has 0 bridgehead atoms. The Morgan fingerprint density at radius 3 is 2.52 bits per heavy atom. The lowest BCUT2D eigenvalue weighted by Crippen LogP contribution is -2.48. The predicted molar refractivity (Wildman–Crippen MR) is 119 cm³/mol. The molecule has 1 aliphatic heterocycles. The summed E-state index contributed by atoms with van der Waals surface area (Å²) in [5.41, 5.74) is 1.12. The quantitative estimate of drug-likeness (QED) is 0.305. The number of halogens is 1.